The van der Waals surface area contributed by atoms with Crippen molar-refractivity contribution < 1.29 is 14.4 Å². The van der Waals surface area contributed by atoms with Gasteiger partial charge in [0.15, 0.2) is 5.11 Å². The fourth-order valence-corrected chi connectivity index (χ4v) is 2.19. The summed E-state index contributed by atoms with van der Waals surface area (Å²) in [5.41, 5.74) is 7.58. The van der Waals surface area contributed by atoms with Crippen LogP contribution in [-0.2, 0) is 14.4 Å². The van der Waals surface area contributed by atoms with E-state index in [-0.39, 0.29) is 29.8 Å². The molecule has 7 nitrogen and oxygen atoms in total. The minimum Gasteiger partial charge on any atom is -0.326 e. The lowest BCUT2D eigenvalue weighted by molar-refractivity contribution is -0.124. The number of aryl methyl sites for hydroxylation is 2. The van der Waals surface area contributed by atoms with E-state index in [0.29, 0.717) is 12.8 Å². The summed E-state index contributed by atoms with van der Waals surface area (Å²) in [5, 5.41) is 5.23. The van der Waals surface area contributed by atoms with Gasteiger partial charge in [-0.25, -0.2) is 0 Å². The molecule has 3 amide bonds. The van der Waals surface area contributed by atoms with Crippen LogP contribution in [0.5, 0.6) is 0 Å². The van der Waals surface area contributed by atoms with Gasteiger partial charge in [0.05, 0.1) is 0 Å². The fraction of sp³-hybridized carbons (Fsp3) is 0.412. The first-order valence-electron chi connectivity index (χ1n) is 8.07. The molecular formula is C17H24N4O3S. The minimum atomic E-state index is -0.400. The Labute approximate surface area is 152 Å². The van der Waals surface area contributed by atoms with E-state index in [9.17, 15) is 14.4 Å². The second-order valence-corrected chi connectivity index (χ2v) is 6.08. The Morgan fingerprint density at radius 2 is 1.64 bits per heavy atom. The molecule has 25 heavy (non-hydrogen) atoms. The lowest BCUT2D eigenvalue weighted by Crippen LogP contribution is -2.48. The molecule has 0 saturated carbocycles. The van der Waals surface area contributed by atoms with Crippen molar-refractivity contribution in [1.29, 1.82) is 0 Å². The number of nitrogens with one attached hydrogen (secondary N) is 4. The Bertz CT molecular complexity index is 661. The Kier molecular flexibility index (Phi) is 8.55. The number of carbonyl (C=O) groups is 3. The summed E-state index contributed by atoms with van der Waals surface area (Å²) in [6.07, 6.45) is 1.09. The van der Waals surface area contributed by atoms with Crippen LogP contribution in [0, 0.1) is 13.8 Å². The Morgan fingerprint density at radius 3 is 2.28 bits per heavy atom. The van der Waals surface area contributed by atoms with Gasteiger partial charge >= 0.3 is 0 Å². The SMILES string of the molecule is CCCC(=O)NC(=S)NNC(=O)CCC(=O)Nc1ccc(C)cc1C. The maximum Gasteiger partial charge on any atom is 0.238 e. The number of hydrogen-bond acceptors (Lipinski definition) is 4. The molecule has 0 atom stereocenters. The number of anilines is 1. The Balaban J connectivity index is 2.30. The van der Waals surface area contributed by atoms with Crippen LogP contribution >= 0.6 is 12.2 Å². The van der Waals surface area contributed by atoms with Crippen molar-refractivity contribution >= 4 is 40.7 Å². The van der Waals surface area contributed by atoms with Crippen molar-refractivity contribution in [2.24, 2.45) is 0 Å². The largest absolute Gasteiger partial charge is 0.326 e. The normalized spacial score (nSPS) is 9.88. The molecule has 1 aromatic rings. The summed E-state index contributed by atoms with van der Waals surface area (Å²) in [5.74, 6) is -0.870. The molecule has 0 fully saturated rings. The van der Waals surface area contributed by atoms with Gasteiger partial charge in [-0.2, -0.15) is 0 Å². The summed E-state index contributed by atoms with van der Waals surface area (Å²) in [4.78, 5) is 34.9. The van der Waals surface area contributed by atoms with Crippen LogP contribution in [0.15, 0.2) is 18.2 Å². The van der Waals surface area contributed by atoms with Crippen LogP contribution in [0.2, 0.25) is 0 Å². The molecule has 0 aliphatic rings. The van der Waals surface area contributed by atoms with E-state index in [2.05, 4.69) is 21.5 Å². The third-order valence-electron chi connectivity index (χ3n) is 3.28. The molecule has 0 saturated heterocycles. The van der Waals surface area contributed by atoms with Crippen molar-refractivity contribution in [3.05, 3.63) is 29.3 Å². The number of amides is 3. The van der Waals surface area contributed by atoms with Gasteiger partial charge < -0.3 is 10.6 Å². The number of carbonyl (C=O) groups excluding carboxylic acids is 3. The van der Waals surface area contributed by atoms with Gasteiger partial charge in [0.25, 0.3) is 0 Å². The zero-order valence-corrected chi connectivity index (χ0v) is 15.5. The summed E-state index contributed by atoms with van der Waals surface area (Å²) in [7, 11) is 0. The molecule has 0 bridgehead atoms. The van der Waals surface area contributed by atoms with Crippen molar-refractivity contribution in [2.45, 2.75) is 46.5 Å². The zero-order valence-electron chi connectivity index (χ0n) is 14.7. The maximum atomic E-state index is 11.9. The molecule has 8 heteroatoms. The smallest absolute Gasteiger partial charge is 0.238 e. The van der Waals surface area contributed by atoms with E-state index in [1.54, 1.807) is 0 Å². The van der Waals surface area contributed by atoms with Gasteiger partial charge in [0, 0.05) is 24.9 Å². The molecule has 1 rings (SSSR count). The molecule has 0 unspecified atom stereocenters. The van der Waals surface area contributed by atoms with E-state index in [1.165, 1.54) is 0 Å². The van der Waals surface area contributed by atoms with E-state index >= 15 is 0 Å². The number of benzene rings is 1. The van der Waals surface area contributed by atoms with Gasteiger partial charge in [-0.1, -0.05) is 24.6 Å². The van der Waals surface area contributed by atoms with Crippen LogP contribution in [0.3, 0.4) is 0 Å². The molecule has 136 valence electrons. The number of hydrazine groups is 1. The molecule has 4 N–H and O–H groups in total. The zero-order chi connectivity index (χ0) is 18.8. The highest BCUT2D eigenvalue weighted by atomic mass is 32.1. The quantitative estimate of drug-likeness (QED) is 0.456. The molecule has 0 aliphatic heterocycles. The summed E-state index contributed by atoms with van der Waals surface area (Å²) in [6.45, 7) is 5.76. The average Bonchev–Trinajstić information content (AvgIpc) is 2.54. The van der Waals surface area contributed by atoms with E-state index in [0.717, 1.165) is 16.8 Å². The Hall–Kier alpha value is -2.48. The van der Waals surface area contributed by atoms with Crippen LogP contribution in [-0.4, -0.2) is 22.8 Å². The lowest BCUT2D eigenvalue weighted by Gasteiger charge is -2.11. The molecule has 0 heterocycles. The first kappa shape index (κ1) is 20.6. The molecule has 1 aromatic carbocycles. The van der Waals surface area contributed by atoms with Gasteiger partial charge in [-0.05, 0) is 44.1 Å². The third kappa shape index (κ3) is 8.25. The summed E-state index contributed by atoms with van der Waals surface area (Å²) < 4.78 is 0. The van der Waals surface area contributed by atoms with Crippen molar-refractivity contribution in [3.8, 4) is 0 Å². The number of rotatable bonds is 6. The first-order valence-corrected chi connectivity index (χ1v) is 8.48. The van der Waals surface area contributed by atoms with E-state index in [4.69, 9.17) is 12.2 Å². The summed E-state index contributed by atoms with van der Waals surface area (Å²) >= 11 is 4.87. The second kappa shape index (κ2) is 10.4. The van der Waals surface area contributed by atoms with Crippen LogP contribution in [0.1, 0.15) is 43.7 Å². The second-order valence-electron chi connectivity index (χ2n) is 5.67. The number of thiocarbonyl (C=S) groups is 1. The standard InChI is InChI=1S/C17H24N4O3S/c1-4-5-14(22)19-17(25)21-20-16(24)9-8-15(23)18-13-7-6-11(2)10-12(13)3/h6-7,10H,4-5,8-9H2,1-3H3,(H,18,23)(H,20,24)(H2,19,21,22,25). The predicted molar refractivity (Wildman–Crippen MR) is 101 cm³/mol. The highest BCUT2D eigenvalue weighted by molar-refractivity contribution is 7.80. The molecule has 0 radical (unpaired) electrons. The summed E-state index contributed by atoms with van der Waals surface area (Å²) in [6, 6.07) is 5.72. The maximum absolute atomic E-state index is 11.9. The average molecular weight is 364 g/mol. The molecule has 0 aromatic heterocycles. The van der Waals surface area contributed by atoms with Crippen LogP contribution < -0.4 is 21.5 Å². The topological polar surface area (TPSA) is 99.3 Å². The van der Waals surface area contributed by atoms with Crippen molar-refractivity contribution in [2.75, 3.05) is 5.32 Å². The monoisotopic (exact) mass is 364 g/mol. The fourth-order valence-electron chi connectivity index (χ4n) is 2.03. The van der Waals surface area contributed by atoms with Gasteiger partial charge in [0.1, 0.15) is 0 Å². The first-order chi connectivity index (χ1) is 11.8. The van der Waals surface area contributed by atoms with Crippen molar-refractivity contribution in [3.63, 3.8) is 0 Å². The highest BCUT2D eigenvalue weighted by Gasteiger charge is 2.09. The van der Waals surface area contributed by atoms with E-state index in [1.807, 2.05) is 39.0 Å². The van der Waals surface area contributed by atoms with Crippen LogP contribution in [0.4, 0.5) is 5.69 Å². The van der Waals surface area contributed by atoms with Gasteiger partial charge in [0.2, 0.25) is 17.7 Å². The Morgan fingerprint density at radius 1 is 0.960 bits per heavy atom. The third-order valence-corrected chi connectivity index (χ3v) is 3.48. The van der Waals surface area contributed by atoms with Gasteiger partial charge in [-0.3, -0.25) is 25.2 Å². The molecule has 0 spiro atoms. The molecule has 0 aliphatic carbocycles. The van der Waals surface area contributed by atoms with Crippen molar-refractivity contribution in [1.82, 2.24) is 16.2 Å². The molecular weight excluding hydrogens is 340 g/mol. The lowest BCUT2D eigenvalue weighted by atomic mass is 10.1. The van der Waals surface area contributed by atoms with Gasteiger partial charge in [-0.15, -0.1) is 0 Å². The van der Waals surface area contributed by atoms with E-state index < -0.39 is 5.91 Å². The predicted octanol–water partition coefficient (Wildman–Crippen LogP) is 1.84. The highest BCUT2D eigenvalue weighted by Crippen LogP contribution is 2.16. The minimum absolute atomic E-state index is 0.00470. The van der Waals surface area contributed by atoms with Crippen LogP contribution in [0.25, 0.3) is 0 Å². The number of hydrogen-bond donors (Lipinski definition) is 4.